The number of hydrogen-bond acceptors (Lipinski definition) is 6. The Labute approximate surface area is 97.7 Å². The average molecular weight is 240 g/mol. The number of rotatable bonds is 4. The number of methoxy groups -OCH3 is 3. The summed E-state index contributed by atoms with van der Waals surface area (Å²) in [4.78, 5) is 22.3. The van der Waals surface area contributed by atoms with Crippen LogP contribution >= 0.6 is 0 Å². The molecule has 0 radical (unpaired) electrons. The summed E-state index contributed by atoms with van der Waals surface area (Å²) in [5.74, 6) is -1.08. The van der Waals surface area contributed by atoms with Gasteiger partial charge in [-0.3, -0.25) is 4.79 Å². The van der Waals surface area contributed by atoms with Crippen LogP contribution in [-0.2, 0) is 4.74 Å². The van der Waals surface area contributed by atoms with Crippen LogP contribution in [0.15, 0.2) is 6.07 Å². The molecule has 0 amide bonds. The highest BCUT2D eigenvalue weighted by atomic mass is 16.5. The molecule has 1 N–H and O–H groups in total. The fourth-order valence-corrected chi connectivity index (χ4v) is 1.39. The monoisotopic (exact) mass is 240 g/mol. The first-order chi connectivity index (χ1) is 8.10. The second kappa shape index (κ2) is 5.20. The Bertz CT molecular complexity index is 452. The zero-order chi connectivity index (χ0) is 13.0. The molecule has 0 aliphatic heterocycles. The van der Waals surface area contributed by atoms with Crippen molar-refractivity contribution in [2.75, 3.05) is 21.3 Å². The molecule has 92 valence electrons. The van der Waals surface area contributed by atoms with Crippen LogP contribution in [-0.4, -0.2) is 38.7 Å². The Morgan fingerprint density at radius 2 is 1.94 bits per heavy atom. The molecule has 0 fully saturated rings. The molecule has 0 saturated heterocycles. The predicted octanol–water partition coefficient (Wildman–Crippen LogP) is 1.01. The Morgan fingerprint density at radius 1 is 1.29 bits per heavy atom. The van der Waals surface area contributed by atoms with Gasteiger partial charge >= 0.3 is 5.97 Å². The van der Waals surface area contributed by atoms with Gasteiger partial charge in [-0.05, 0) is 6.07 Å². The highest BCUT2D eigenvalue weighted by molar-refractivity contribution is 6.01. The maximum absolute atomic E-state index is 11.4. The number of benzene rings is 1. The lowest BCUT2D eigenvalue weighted by atomic mass is 10.1. The van der Waals surface area contributed by atoms with Gasteiger partial charge in [0, 0.05) is 0 Å². The predicted molar refractivity (Wildman–Crippen MR) is 57.9 cm³/mol. The van der Waals surface area contributed by atoms with Crippen molar-refractivity contribution < 1.29 is 28.9 Å². The minimum absolute atomic E-state index is 0.0118. The number of ether oxygens (including phenoxy) is 3. The van der Waals surface area contributed by atoms with Gasteiger partial charge in [-0.25, -0.2) is 4.79 Å². The van der Waals surface area contributed by atoms with E-state index in [2.05, 4.69) is 4.74 Å². The molecule has 0 bridgehead atoms. The van der Waals surface area contributed by atoms with E-state index in [-0.39, 0.29) is 22.6 Å². The first-order valence-electron chi connectivity index (χ1n) is 4.62. The van der Waals surface area contributed by atoms with E-state index >= 15 is 0 Å². The Balaban J connectivity index is 3.56. The molecule has 0 aromatic heterocycles. The van der Waals surface area contributed by atoms with Crippen molar-refractivity contribution in [1.29, 1.82) is 0 Å². The van der Waals surface area contributed by atoms with Crippen molar-refractivity contribution in [2.45, 2.75) is 0 Å². The minimum Gasteiger partial charge on any atom is -0.504 e. The van der Waals surface area contributed by atoms with Gasteiger partial charge in [0.25, 0.3) is 0 Å². The summed E-state index contributed by atoms with van der Waals surface area (Å²) in [5.41, 5.74) is -0.285. The second-order valence-electron chi connectivity index (χ2n) is 3.03. The molecule has 6 nitrogen and oxygen atoms in total. The first kappa shape index (κ1) is 12.8. The summed E-state index contributed by atoms with van der Waals surface area (Å²) in [6, 6.07) is 1.27. The lowest BCUT2D eigenvalue weighted by Crippen LogP contribution is -2.07. The number of aldehydes is 1. The zero-order valence-corrected chi connectivity index (χ0v) is 9.64. The molecule has 0 atom stereocenters. The zero-order valence-electron chi connectivity index (χ0n) is 9.64. The number of carbonyl (C=O) groups is 2. The SMILES string of the molecule is COC(=O)c1cc(OC)c(OC)c(O)c1C=O. The van der Waals surface area contributed by atoms with E-state index in [1.165, 1.54) is 27.4 Å². The van der Waals surface area contributed by atoms with Crippen molar-refractivity contribution >= 4 is 12.3 Å². The third-order valence-corrected chi connectivity index (χ3v) is 2.21. The van der Waals surface area contributed by atoms with Crippen molar-refractivity contribution in [3.05, 3.63) is 17.2 Å². The molecule has 0 spiro atoms. The Morgan fingerprint density at radius 3 is 2.35 bits per heavy atom. The molecule has 1 rings (SSSR count). The van der Waals surface area contributed by atoms with Crippen LogP contribution in [0.3, 0.4) is 0 Å². The number of phenols is 1. The van der Waals surface area contributed by atoms with Crippen LogP contribution < -0.4 is 9.47 Å². The highest BCUT2D eigenvalue weighted by Gasteiger charge is 2.23. The van der Waals surface area contributed by atoms with Crippen LogP contribution in [0.4, 0.5) is 0 Å². The quantitative estimate of drug-likeness (QED) is 0.624. The van der Waals surface area contributed by atoms with Gasteiger partial charge in [0.15, 0.2) is 17.8 Å². The van der Waals surface area contributed by atoms with E-state index in [0.29, 0.717) is 6.29 Å². The molecule has 17 heavy (non-hydrogen) atoms. The van der Waals surface area contributed by atoms with Gasteiger partial charge in [0.05, 0.1) is 32.5 Å². The molecule has 0 unspecified atom stereocenters. The van der Waals surface area contributed by atoms with Gasteiger partial charge < -0.3 is 19.3 Å². The normalized spacial score (nSPS) is 9.59. The van der Waals surface area contributed by atoms with Crippen LogP contribution in [0.5, 0.6) is 17.2 Å². The molecule has 0 aliphatic carbocycles. The summed E-state index contributed by atoms with van der Waals surface area (Å²) in [5, 5.41) is 9.78. The summed E-state index contributed by atoms with van der Waals surface area (Å²) < 4.78 is 14.3. The van der Waals surface area contributed by atoms with Gasteiger partial charge in [0.2, 0.25) is 5.75 Å². The van der Waals surface area contributed by atoms with E-state index in [1.54, 1.807) is 0 Å². The lowest BCUT2D eigenvalue weighted by molar-refractivity contribution is 0.0597. The fraction of sp³-hybridized carbons (Fsp3) is 0.273. The largest absolute Gasteiger partial charge is 0.504 e. The topological polar surface area (TPSA) is 82.1 Å². The Hall–Kier alpha value is -2.24. The molecule has 0 saturated carbocycles. The Kier molecular flexibility index (Phi) is 3.92. The highest BCUT2D eigenvalue weighted by Crippen LogP contribution is 2.40. The molecular weight excluding hydrogens is 228 g/mol. The van der Waals surface area contributed by atoms with E-state index < -0.39 is 11.7 Å². The lowest BCUT2D eigenvalue weighted by Gasteiger charge is -2.13. The standard InChI is InChI=1S/C11H12O6/c1-15-8-4-6(11(14)17-3)7(5-12)9(13)10(8)16-2/h4-5,13H,1-3H3. The van der Waals surface area contributed by atoms with Gasteiger partial charge in [0.1, 0.15) is 0 Å². The number of esters is 1. The average Bonchev–Trinajstić information content (AvgIpc) is 2.36. The third-order valence-electron chi connectivity index (χ3n) is 2.21. The van der Waals surface area contributed by atoms with Crippen molar-refractivity contribution in [1.82, 2.24) is 0 Å². The number of phenolic OH excluding ortho intramolecular Hbond substituents is 1. The van der Waals surface area contributed by atoms with Crippen LogP contribution in [0, 0.1) is 0 Å². The van der Waals surface area contributed by atoms with Crippen molar-refractivity contribution in [3.8, 4) is 17.2 Å². The smallest absolute Gasteiger partial charge is 0.338 e. The van der Waals surface area contributed by atoms with Crippen molar-refractivity contribution in [3.63, 3.8) is 0 Å². The summed E-state index contributed by atoms with van der Waals surface area (Å²) in [6.07, 6.45) is 0.351. The molecule has 0 aliphatic rings. The van der Waals surface area contributed by atoms with E-state index in [1.807, 2.05) is 0 Å². The van der Waals surface area contributed by atoms with Crippen molar-refractivity contribution in [2.24, 2.45) is 0 Å². The maximum atomic E-state index is 11.4. The first-order valence-corrected chi connectivity index (χ1v) is 4.62. The van der Waals surface area contributed by atoms with Crippen LogP contribution in [0.2, 0.25) is 0 Å². The third kappa shape index (κ3) is 2.15. The van der Waals surface area contributed by atoms with E-state index in [4.69, 9.17) is 9.47 Å². The summed E-state index contributed by atoms with van der Waals surface area (Å²) >= 11 is 0. The van der Waals surface area contributed by atoms with Crippen LogP contribution in [0.25, 0.3) is 0 Å². The fourth-order valence-electron chi connectivity index (χ4n) is 1.39. The van der Waals surface area contributed by atoms with E-state index in [0.717, 1.165) is 0 Å². The molecule has 6 heteroatoms. The second-order valence-corrected chi connectivity index (χ2v) is 3.03. The minimum atomic E-state index is -0.747. The van der Waals surface area contributed by atoms with Crippen LogP contribution in [0.1, 0.15) is 20.7 Å². The molecule has 1 aromatic carbocycles. The van der Waals surface area contributed by atoms with E-state index in [9.17, 15) is 14.7 Å². The number of aromatic hydroxyl groups is 1. The summed E-state index contributed by atoms with van der Waals surface area (Å²) in [6.45, 7) is 0. The molecule has 1 aromatic rings. The maximum Gasteiger partial charge on any atom is 0.338 e. The van der Waals surface area contributed by atoms with Gasteiger partial charge in [-0.15, -0.1) is 0 Å². The molecule has 0 heterocycles. The molecular formula is C11H12O6. The van der Waals surface area contributed by atoms with Gasteiger partial charge in [-0.2, -0.15) is 0 Å². The number of hydrogen-bond donors (Lipinski definition) is 1. The number of carbonyl (C=O) groups excluding carboxylic acids is 2. The van der Waals surface area contributed by atoms with Gasteiger partial charge in [-0.1, -0.05) is 0 Å². The summed E-state index contributed by atoms with van der Waals surface area (Å²) in [7, 11) is 3.83.